The van der Waals surface area contributed by atoms with Crippen LogP contribution in [0.15, 0.2) is 0 Å². The summed E-state index contributed by atoms with van der Waals surface area (Å²) in [5, 5.41) is 3.46. The van der Waals surface area contributed by atoms with Crippen LogP contribution in [0.25, 0.3) is 0 Å². The van der Waals surface area contributed by atoms with Gasteiger partial charge in [0.1, 0.15) is 0 Å². The number of nitrogens with one attached hydrogen (secondary N) is 1. The summed E-state index contributed by atoms with van der Waals surface area (Å²) in [6.45, 7) is 9.24. The topological polar surface area (TPSA) is 12.0 Å². The summed E-state index contributed by atoms with van der Waals surface area (Å²) in [5.41, 5.74) is 0. The Kier molecular flexibility index (Phi) is 8.26. The monoisotopic (exact) mass is 199 g/mol. The zero-order valence-electron chi connectivity index (χ0n) is 10.8. The lowest BCUT2D eigenvalue weighted by Crippen LogP contribution is -2.28. The maximum atomic E-state index is 3.46. The summed E-state index contributed by atoms with van der Waals surface area (Å²) in [5.74, 6) is 1.76. The van der Waals surface area contributed by atoms with E-state index in [1.54, 1.807) is 0 Å². The van der Waals surface area contributed by atoms with Crippen molar-refractivity contribution in [2.45, 2.75) is 65.8 Å². The molecule has 0 saturated heterocycles. The van der Waals surface area contributed by atoms with Crippen LogP contribution in [-0.2, 0) is 0 Å². The molecule has 0 aliphatic heterocycles. The molecule has 1 nitrogen and oxygen atoms in total. The Morgan fingerprint density at radius 3 is 1.93 bits per heavy atom. The summed E-state index contributed by atoms with van der Waals surface area (Å²) in [7, 11) is 2.10. The van der Waals surface area contributed by atoms with Gasteiger partial charge in [-0.25, -0.2) is 0 Å². The van der Waals surface area contributed by atoms with Gasteiger partial charge in [0.25, 0.3) is 0 Å². The van der Waals surface area contributed by atoms with Crippen LogP contribution in [0.1, 0.15) is 59.8 Å². The maximum Gasteiger partial charge on any atom is 0.00667 e. The van der Waals surface area contributed by atoms with Gasteiger partial charge in [0.05, 0.1) is 0 Å². The van der Waals surface area contributed by atoms with Gasteiger partial charge in [-0.15, -0.1) is 0 Å². The molecule has 0 saturated carbocycles. The Balaban J connectivity index is 3.76. The summed E-state index contributed by atoms with van der Waals surface area (Å²) in [6.07, 6.45) is 6.71. The fourth-order valence-corrected chi connectivity index (χ4v) is 1.94. The van der Waals surface area contributed by atoms with Gasteiger partial charge in [0.2, 0.25) is 0 Å². The third-order valence-electron chi connectivity index (χ3n) is 3.27. The van der Waals surface area contributed by atoms with E-state index in [1.165, 1.54) is 32.1 Å². The molecule has 0 aromatic rings. The van der Waals surface area contributed by atoms with Crippen molar-refractivity contribution < 1.29 is 0 Å². The highest BCUT2D eigenvalue weighted by Gasteiger charge is 2.12. The smallest absolute Gasteiger partial charge is 0.00667 e. The fraction of sp³-hybridized carbons (Fsp3) is 1.00. The van der Waals surface area contributed by atoms with E-state index in [0.29, 0.717) is 0 Å². The van der Waals surface area contributed by atoms with Crippen LogP contribution in [0.4, 0.5) is 0 Å². The van der Waals surface area contributed by atoms with Crippen molar-refractivity contribution in [3.63, 3.8) is 0 Å². The molecule has 14 heavy (non-hydrogen) atoms. The minimum absolute atomic E-state index is 0.738. The van der Waals surface area contributed by atoms with Gasteiger partial charge in [0.15, 0.2) is 0 Å². The van der Waals surface area contributed by atoms with Crippen LogP contribution in [0.3, 0.4) is 0 Å². The third-order valence-corrected chi connectivity index (χ3v) is 3.27. The van der Waals surface area contributed by atoms with Crippen molar-refractivity contribution in [3.8, 4) is 0 Å². The molecular formula is C13H29N. The predicted octanol–water partition coefficient (Wildman–Crippen LogP) is 3.84. The van der Waals surface area contributed by atoms with Crippen LogP contribution in [0.5, 0.6) is 0 Å². The highest BCUT2D eigenvalue weighted by molar-refractivity contribution is 4.70. The van der Waals surface area contributed by atoms with Gasteiger partial charge in [-0.1, -0.05) is 40.5 Å². The quantitative estimate of drug-likeness (QED) is 0.626. The molecular weight excluding hydrogens is 170 g/mol. The van der Waals surface area contributed by atoms with E-state index < -0.39 is 0 Å². The van der Waals surface area contributed by atoms with E-state index in [1.807, 2.05) is 0 Å². The van der Waals surface area contributed by atoms with Crippen molar-refractivity contribution in [2.24, 2.45) is 11.8 Å². The molecule has 0 aromatic heterocycles. The maximum absolute atomic E-state index is 3.46. The lowest BCUT2D eigenvalue weighted by atomic mass is 9.91. The highest BCUT2D eigenvalue weighted by Crippen LogP contribution is 2.18. The Morgan fingerprint density at radius 1 is 1.00 bits per heavy atom. The van der Waals surface area contributed by atoms with Crippen LogP contribution in [0, 0.1) is 11.8 Å². The molecule has 1 N–H and O–H groups in total. The predicted molar refractivity (Wildman–Crippen MR) is 65.6 cm³/mol. The van der Waals surface area contributed by atoms with Crippen LogP contribution in [-0.4, -0.2) is 13.1 Å². The van der Waals surface area contributed by atoms with E-state index in [2.05, 4.69) is 40.1 Å². The summed E-state index contributed by atoms with van der Waals surface area (Å²) in [6, 6.07) is 0.738. The second-order valence-electron chi connectivity index (χ2n) is 4.88. The third kappa shape index (κ3) is 6.42. The van der Waals surface area contributed by atoms with E-state index in [4.69, 9.17) is 0 Å². The van der Waals surface area contributed by atoms with Gasteiger partial charge in [-0.2, -0.15) is 0 Å². The van der Waals surface area contributed by atoms with E-state index in [0.717, 1.165) is 17.9 Å². The molecule has 0 fully saturated rings. The first-order valence-corrected chi connectivity index (χ1v) is 6.31. The van der Waals surface area contributed by atoms with Gasteiger partial charge in [-0.05, 0) is 38.1 Å². The molecule has 0 rings (SSSR count). The van der Waals surface area contributed by atoms with Crippen LogP contribution >= 0.6 is 0 Å². The average molecular weight is 199 g/mol. The summed E-state index contributed by atoms with van der Waals surface area (Å²) in [4.78, 5) is 0. The van der Waals surface area contributed by atoms with Crippen molar-refractivity contribution in [1.82, 2.24) is 5.32 Å². The Bertz CT molecular complexity index is 116. The molecule has 0 spiro atoms. The minimum atomic E-state index is 0.738. The van der Waals surface area contributed by atoms with Gasteiger partial charge in [-0.3, -0.25) is 0 Å². The van der Waals surface area contributed by atoms with Gasteiger partial charge >= 0.3 is 0 Å². The molecule has 1 heteroatoms. The Labute approximate surface area is 90.7 Å². The largest absolute Gasteiger partial charge is 0.317 e. The van der Waals surface area contributed by atoms with Crippen molar-refractivity contribution in [3.05, 3.63) is 0 Å². The molecule has 1 unspecified atom stereocenters. The molecule has 0 heterocycles. The zero-order valence-corrected chi connectivity index (χ0v) is 10.8. The molecule has 86 valence electrons. The summed E-state index contributed by atoms with van der Waals surface area (Å²) >= 11 is 0. The van der Waals surface area contributed by atoms with E-state index in [9.17, 15) is 0 Å². The second kappa shape index (κ2) is 8.28. The second-order valence-corrected chi connectivity index (χ2v) is 4.88. The van der Waals surface area contributed by atoms with E-state index >= 15 is 0 Å². The molecule has 1 atom stereocenters. The first kappa shape index (κ1) is 14.0. The standard InChI is InChI=1S/C13H29N/c1-6-12(7-2)10-13(14-5)9-8-11(3)4/h11-14H,6-10H2,1-5H3. The molecule has 0 bridgehead atoms. The lowest BCUT2D eigenvalue weighted by Gasteiger charge is -2.22. The fourth-order valence-electron chi connectivity index (χ4n) is 1.94. The minimum Gasteiger partial charge on any atom is -0.317 e. The molecule has 0 aliphatic carbocycles. The van der Waals surface area contributed by atoms with Gasteiger partial charge < -0.3 is 5.32 Å². The molecule has 0 amide bonds. The van der Waals surface area contributed by atoms with Crippen molar-refractivity contribution in [2.75, 3.05) is 7.05 Å². The van der Waals surface area contributed by atoms with E-state index in [-0.39, 0.29) is 0 Å². The average Bonchev–Trinajstić information content (AvgIpc) is 2.18. The molecule has 0 radical (unpaired) electrons. The van der Waals surface area contributed by atoms with Crippen molar-refractivity contribution >= 4 is 0 Å². The molecule has 0 aliphatic rings. The normalized spacial score (nSPS) is 13.9. The molecule has 0 aromatic carbocycles. The first-order chi connectivity index (χ1) is 6.63. The van der Waals surface area contributed by atoms with Gasteiger partial charge in [0, 0.05) is 6.04 Å². The zero-order chi connectivity index (χ0) is 11.0. The first-order valence-electron chi connectivity index (χ1n) is 6.31. The highest BCUT2D eigenvalue weighted by atomic mass is 14.9. The van der Waals surface area contributed by atoms with Crippen molar-refractivity contribution in [1.29, 1.82) is 0 Å². The number of hydrogen-bond acceptors (Lipinski definition) is 1. The number of rotatable bonds is 8. The van der Waals surface area contributed by atoms with Crippen LogP contribution in [0.2, 0.25) is 0 Å². The van der Waals surface area contributed by atoms with Crippen LogP contribution < -0.4 is 5.32 Å². The number of hydrogen-bond donors (Lipinski definition) is 1. The Hall–Kier alpha value is -0.0400. The summed E-state index contributed by atoms with van der Waals surface area (Å²) < 4.78 is 0. The lowest BCUT2D eigenvalue weighted by molar-refractivity contribution is 0.348. The SMILES string of the molecule is CCC(CC)CC(CCC(C)C)NC. The Morgan fingerprint density at radius 2 is 1.57 bits per heavy atom.